The molecule has 3 heterocycles. The minimum Gasteiger partial charge on any atom is -0.340 e. The van der Waals surface area contributed by atoms with Crippen molar-refractivity contribution < 1.29 is 18.0 Å². The van der Waals surface area contributed by atoms with Crippen molar-refractivity contribution in [3.05, 3.63) is 58.1 Å². The third-order valence-corrected chi connectivity index (χ3v) is 5.90. The first-order valence-electron chi connectivity index (χ1n) is 8.79. The second-order valence-electron chi connectivity index (χ2n) is 7.07. The van der Waals surface area contributed by atoms with Crippen LogP contribution in [0, 0.1) is 0 Å². The molecule has 0 fully saturated rings. The van der Waals surface area contributed by atoms with Gasteiger partial charge in [-0.05, 0) is 25.0 Å². The van der Waals surface area contributed by atoms with Crippen molar-refractivity contribution in [3.8, 4) is 0 Å². The molecule has 3 aliphatic rings. The van der Waals surface area contributed by atoms with Gasteiger partial charge < -0.3 is 10.2 Å². The van der Waals surface area contributed by atoms with E-state index >= 15 is 0 Å². The Bertz CT molecular complexity index is 931. The second-order valence-corrected chi connectivity index (χ2v) is 7.07. The van der Waals surface area contributed by atoms with Gasteiger partial charge in [-0.3, -0.25) is 4.79 Å². The first kappa shape index (κ1) is 17.8. The highest BCUT2D eigenvalue weighted by atomic mass is 19.4. The predicted molar refractivity (Wildman–Crippen MR) is 92.6 cm³/mol. The molecule has 0 saturated heterocycles. The zero-order valence-electron chi connectivity index (χ0n) is 15.2. The van der Waals surface area contributed by atoms with Gasteiger partial charge >= 0.3 is 6.18 Å². The third kappa shape index (κ3) is 2.28. The van der Waals surface area contributed by atoms with E-state index in [4.69, 9.17) is 0 Å². The Balaban J connectivity index is 2.00. The minimum absolute atomic E-state index is 0.178. The fraction of sp³-hybridized carbons (Fsp3) is 0.421. The molecular formula is C19H19F3N4O. The number of alkyl halides is 3. The Kier molecular flexibility index (Phi) is 3.73. The summed E-state index contributed by atoms with van der Waals surface area (Å²) in [6.45, 7) is 4.03. The van der Waals surface area contributed by atoms with Gasteiger partial charge in [-0.25, -0.2) is 0 Å². The van der Waals surface area contributed by atoms with Crippen LogP contribution in [-0.2, 0) is 16.4 Å². The number of benzene rings is 1. The summed E-state index contributed by atoms with van der Waals surface area (Å²) in [5, 5.41) is 11.4. The molecule has 4 rings (SSSR count). The van der Waals surface area contributed by atoms with Crippen molar-refractivity contribution >= 4 is 5.91 Å². The lowest BCUT2D eigenvalue weighted by Crippen LogP contribution is -2.41. The number of carbonyl (C=O) groups is 1. The highest BCUT2D eigenvalue weighted by molar-refractivity contribution is 6.01. The van der Waals surface area contributed by atoms with Crippen LogP contribution >= 0.6 is 0 Å². The number of hydrogen-bond acceptors (Lipinski definition) is 4. The van der Waals surface area contributed by atoms with Gasteiger partial charge in [0, 0.05) is 18.3 Å². The standard InChI is InChI=1S/C19H19F3N4O/c1-4-18(11-6-5-7-12(8-11)19(20,21)22)13-9-23-25-16(13)24-15-10(2)26(3)17(27)14(15)18/h5-8,10,24H,4,9H2,1-3H3/t10-,18+/m0/s1. The van der Waals surface area contributed by atoms with E-state index in [0.29, 0.717) is 29.1 Å². The molecule has 0 aromatic heterocycles. The summed E-state index contributed by atoms with van der Waals surface area (Å²) in [6, 6.07) is 5.04. The van der Waals surface area contributed by atoms with Crippen molar-refractivity contribution in [2.75, 3.05) is 13.6 Å². The summed E-state index contributed by atoms with van der Waals surface area (Å²) in [7, 11) is 1.70. The molecule has 0 unspecified atom stereocenters. The SMILES string of the molecule is CC[C@@]1(c2cccc(C(F)(F)F)c2)C2=C(N=NC2)NC2=C1C(=O)N(C)[C@H]2C. The van der Waals surface area contributed by atoms with Crippen molar-refractivity contribution in [2.45, 2.75) is 37.9 Å². The maximum atomic E-state index is 13.4. The maximum Gasteiger partial charge on any atom is 0.416 e. The molecule has 3 aliphatic heterocycles. The molecule has 1 aromatic rings. The van der Waals surface area contributed by atoms with Gasteiger partial charge in [0.05, 0.1) is 29.1 Å². The van der Waals surface area contributed by atoms with E-state index in [-0.39, 0.29) is 18.5 Å². The van der Waals surface area contributed by atoms with Crippen LogP contribution < -0.4 is 5.32 Å². The van der Waals surface area contributed by atoms with Gasteiger partial charge in [-0.1, -0.05) is 25.1 Å². The zero-order chi connectivity index (χ0) is 19.6. The van der Waals surface area contributed by atoms with Crippen LogP contribution in [0.15, 0.2) is 57.2 Å². The Morgan fingerprint density at radius 1 is 1.37 bits per heavy atom. The Morgan fingerprint density at radius 2 is 2.11 bits per heavy atom. The molecule has 1 N–H and O–H groups in total. The van der Waals surface area contributed by atoms with Crippen LogP contribution in [0.5, 0.6) is 0 Å². The summed E-state index contributed by atoms with van der Waals surface area (Å²) in [6.07, 6.45) is -4.02. The summed E-state index contributed by atoms with van der Waals surface area (Å²) in [5.41, 5.74) is 0.695. The molecule has 8 heteroatoms. The lowest BCUT2D eigenvalue weighted by atomic mass is 9.64. The first-order chi connectivity index (χ1) is 12.7. The second kappa shape index (κ2) is 5.68. The molecule has 0 spiro atoms. The molecule has 5 nitrogen and oxygen atoms in total. The number of carbonyl (C=O) groups excluding carboxylic acids is 1. The molecule has 142 valence electrons. The zero-order valence-corrected chi connectivity index (χ0v) is 15.2. The van der Waals surface area contributed by atoms with Crippen molar-refractivity contribution in [1.29, 1.82) is 0 Å². The van der Waals surface area contributed by atoms with Gasteiger partial charge in [0.15, 0.2) is 5.82 Å². The molecular weight excluding hydrogens is 357 g/mol. The van der Waals surface area contributed by atoms with E-state index < -0.39 is 17.2 Å². The van der Waals surface area contributed by atoms with Crippen LogP contribution in [0.4, 0.5) is 13.2 Å². The smallest absolute Gasteiger partial charge is 0.340 e. The first-order valence-corrected chi connectivity index (χ1v) is 8.79. The van der Waals surface area contributed by atoms with Gasteiger partial charge in [0.2, 0.25) is 0 Å². The molecule has 0 bridgehead atoms. The fourth-order valence-electron chi connectivity index (χ4n) is 4.35. The lowest BCUT2D eigenvalue weighted by Gasteiger charge is -2.39. The normalized spacial score (nSPS) is 27.3. The van der Waals surface area contributed by atoms with E-state index in [0.717, 1.165) is 17.7 Å². The minimum atomic E-state index is -4.46. The summed E-state index contributed by atoms with van der Waals surface area (Å²) < 4.78 is 40.1. The summed E-state index contributed by atoms with van der Waals surface area (Å²) in [5.74, 6) is 0.366. The number of hydrogen-bond donors (Lipinski definition) is 1. The lowest BCUT2D eigenvalue weighted by molar-refractivity contribution is -0.137. The monoisotopic (exact) mass is 376 g/mol. The van der Waals surface area contributed by atoms with Gasteiger partial charge in [0.25, 0.3) is 5.91 Å². The number of likely N-dealkylation sites (N-methyl/N-ethyl adjacent to an activating group) is 1. The number of nitrogens with one attached hydrogen (secondary N) is 1. The third-order valence-electron chi connectivity index (χ3n) is 5.90. The van der Waals surface area contributed by atoms with Crippen LogP contribution in [-0.4, -0.2) is 30.4 Å². The number of nitrogens with zero attached hydrogens (tertiary/aromatic N) is 3. The van der Waals surface area contributed by atoms with E-state index in [2.05, 4.69) is 15.5 Å². The summed E-state index contributed by atoms with van der Waals surface area (Å²) in [4.78, 5) is 14.7. The highest BCUT2D eigenvalue weighted by Gasteiger charge is 2.53. The van der Waals surface area contributed by atoms with Gasteiger partial charge in [-0.2, -0.15) is 18.3 Å². The van der Waals surface area contributed by atoms with Crippen molar-refractivity contribution in [1.82, 2.24) is 10.2 Å². The van der Waals surface area contributed by atoms with E-state index in [1.807, 2.05) is 13.8 Å². The van der Waals surface area contributed by atoms with E-state index in [1.165, 1.54) is 6.07 Å². The average Bonchev–Trinajstić information content (AvgIpc) is 3.20. The average molecular weight is 376 g/mol. The number of azo groups is 1. The molecule has 0 aliphatic carbocycles. The van der Waals surface area contributed by atoms with E-state index in [9.17, 15) is 18.0 Å². The fourth-order valence-corrected chi connectivity index (χ4v) is 4.35. The molecule has 0 saturated carbocycles. The number of halogens is 3. The molecule has 0 radical (unpaired) electrons. The largest absolute Gasteiger partial charge is 0.416 e. The van der Waals surface area contributed by atoms with Crippen LogP contribution in [0.3, 0.4) is 0 Å². The van der Waals surface area contributed by atoms with Crippen LogP contribution in [0.25, 0.3) is 0 Å². The maximum absolute atomic E-state index is 13.4. The van der Waals surface area contributed by atoms with Crippen molar-refractivity contribution in [2.24, 2.45) is 10.2 Å². The van der Waals surface area contributed by atoms with Gasteiger partial charge in [0.1, 0.15) is 0 Å². The highest BCUT2D eigenvalue weighted by Crippen LogP contribution is 2.52. The van der Waals surface area contributed by atoms with Gasteiger partial charge in [-0.15, -0.1) is 5.11 Å². The number of amides is 1. The molecule has 1 aromatic carbocycles. The van der Waals surface area contributed by atoms with E-state index in [1.54, 1.807) is 18.0 Å². The van der Waals surface area contributed by atoms with Crippen LogP contribution in [0.2, 0.25) is 0 Å². The van der Waals surface area contributed by atoms with Crippen molar-refractivity contribution in [3.63, 3.8) is 0 Å². The molecule has 2 atom stereocenters. The number of dihydropyridines is 1. The Labute approximate surface area is 154 Å². The van der Waals surface area contributed by atoms with Crippen LogP contribution in [0.1, 0.15) is 31.4 Å². The number of rotatable bonds is 2. The quantitative estimate of drug-likeness (QED) is 0.855. The predicted octanol–water partition coefficient (Wildman–Crippen LogP) is 3.75. The molecule has 1 amide bonds. The molecule has 27 heavy (non-hydrogen) atoms. The Morgan fingerprint density at radius 3 is 2.78 bits per heavy atom. The Hall–Kier alpha value is -2.64. The summed E-state index contributed by atoms with van der Waals surface area (Å²) >= 11 is 0. The topological polar surface area (TPSA) is 57.1 Å².